The Morgan fingerprint density at radius 1 is 0.864 bits per heavy atom. The zero-order valence-corrected chi connectivity index (χ0v) is 25.0. The average molecular weight is 598 g/mol. The largest absolute Gasteiger partial charge is 0.445 e. The molecular weight excluding hydrogens is 558 g/mol. The fourth-order valence-corrected chi connectivity index (χ4v) is 5.10. The molecular formula is C34H39N5O5. The van der Waals surface area contributed by atoms with Crippen LogP contribution in [0.3, 0.4) is 0 Å². The Morgan fingerprint density at radius 3 is 2.30 bits per heavy atom. The predicted molar refractivity (Wildman–Crippen MR) is 167 cm³/mol. The number of carbonyl (C=O) groups is 4. The van der Waals surface area contributed by atoms with Gasteiger partial charge in [0.05, 0.1) is 12.0 Å². The number of nitrogens with one attached hydrogen (secondary N) is 4. The number of H-pyrrole nitrogens is 1. The van der Waals surface area contributed by atoms with Gasteiger partial charge in [0.25, 0.3) is 0 Å². The number of ether oxygens (including phenoxy) is 1. The Kier molecular flexibility index (Phi) is 11.6. The Bertz CT molecular complexity index is 1520. The number of alkyl carbamates (subject to hydrolysis) is 1. The fraction of sp³-hybridized carbons (Fsp3) is 0.324. The van der Waals surface area contributed by atoms with Crippen molar-refractivity contribution in [2.75, 3.05) is 0 Å². The molecule has 0 fully saturated rings. The Labute approximate surface area is 257 Å². The summed E-state index contributed by atoms with van der Waals surface area (Å²) in [5, 5.41) is 10.4. The highest BCUT2D eigenvalue weighted by molar-refractivity contribution is 5.93. The number of benzene rings is 3. The molecule has 10 nitrogen and oxygen atoms in total. The van der Waals surface area contributed by atoms with E-state index in [1.807, 2.05) is 86.6 Å². The highest BCUT2D eigenvalue weighted by Crippen LogP contribution is 2.20. The van der Waals surface area contributed by atoms with E-state index in [0.29, 0.717) is 12.1 Å². The number of aromatic amines is 1. The Balaban J connectivity index is 1.56. The number of imidazole rings is 1. The van der Waals surface area contributed by atoms with Gasteiger partial charge in [0.15, 0.2) is 0 Å². The molecule has 0 radical (unpaired) electrons. The molecule has 44 heavy (non-hydrogen) atoms. The number of amides is 3. The monoisotopic (exact) mass is 597 g/mol. The van der Waals surface area contributed by atoms with Gasteiger partial charge in [0, 0.05) is 31.5 Å². The summed E-state index contributed by atoms with van der Waals surface area (Å²) in [7, 11) is 0. The summed E-state index contributed by atoms with van der Waals surface area (Å²) in [5.74, 6) is -0.749. The van der Waals surface area contributed by atoms with Crippen LogP contribution in [0.15, 0.2) is 85.3 Å². The number of hydrogen-bond donors (Lipinski definition) is 4. The third-order valence-electron chi connectivity index (χ3n) is 7.21. The van der Waals surface area contributed by atoms with E-state index in [1.54, 1.807) is 6.20 Å². The summed E-state index contributed by atoms with van der Waals surface area (Å²) in [5.41, 5.74) is 2.23. The molecule has 4 rings (SSSR count). The van der Waals surface area contributed by atoms with Crippen LogP contribution in [0.5, 0.6) is 0 Å². The Hall–Kier alpha value is -4.99. The first kappa shape index (κ1) is 31.9. The summed E-state index contributed by atoms with van der Waals surface area (Å²) in [4.78, 5) is 58.7. The molecule has 0 saturated carbocycles. The first-order valence-electron chi connectivity index (χ1n) is 14.8. The van der Waals surface area contributed by atoms with E-state index in [9.17, 15) is 19.2 Å². The molecule has 0 unspecified atom stereocenters. The normalized spacial score (nSPS) is 13.1. The third-order valence-corrected chi connectivity index (χ3v) is 7.21. The highest BCUT2D eigenvalue weighted by atomic mass is 16.5. The lowest BCUT2D eigenvalue weighted by atomic mass is 9.98. The van der Waals surface area contributed by atoms with Crippen LogP contribution in [0.1, 0.15) is 43.5 Å². The smallest absolute Gasteiger partial charge is 0.408 e. The molecule has 1 aromatic heterocycles. The lowest BCUT2D eigenvalue weighted by molar-refractivity contribution is -0.130. The van der Waals surface area contributed by atoms with Crippen molar-refractivity contribution in [3.8, 4) is 0 Å². The third kappa shape index (κ3) is 9.52. The molecule has 1 heterocycles. The molecule has 230 valence electrons. The molecule has 3 amide bonds. The van der Waals surface area contributed by atoms with E-state index in [-0.39, 0.29) is 37.8 Å². The van der Waals surface area contributed by atoms with Crippen molar-refractivity contribution in [1.82, 2.24) is 25.9 Å². The van der Waals surface area contributed by atoms with Gasteiger partial charge in [0.1, 0.15) is 25.0 Å². The topological polar surface area (TPSA) is 142 Å². The maximum absolute atomic E-state index is 13.9. The van der Waals surface area contributed by atoms with Crippen LogP contribution in [-0.4, -0.2) is 52.3 Å². The fourth-order valence-electron chi connectivity index (χ4n) is 5.10. The molecule has 0 spiro atoms. The van der Waals surface area contributed by atoms with Gasteiger partial charge in [0.2, 0.25) is 11.8 Å². The van der Waals surface area contributed by atoms with Gasteiger partial charge < -0.3 is 30.5 Å². The SMILES string of the molecule is CC(C)C[C@@H](CC=O)NC(=O)[C@H](Cc1c[nH]cn1)NC(=O)[C@H](Cc1cccc2ccccc12)NC(=O)OCc1ccccc1. The standard InChI is InChI=1S/C34H39N5O5/c1-23(2)17-27(15-16-40)37-32(41)31(19-28-20-35-22-36-28)38-33(42)30(39-34(43)44-21-24-9-4-3-5-10-24)18-26-13-8-12-25-11-6-7-14-29(25)26/h3-14,16,20,22-23,27,30-31H,15,17-19,21H2,1-2H3,(H,35,36)(H,37,41)(H,38,42)(H,39,43)/t27-,30+,31+/m1/s1. The van der Waals surface area contributed by atoms with Crippen molar-refractivity contribution < 1.29 is 23.9 Å². The lowest BCUT2D eigenvalue weighted by Gasteiger charge is -2.25. The molecule has 3 atom stereocenters. The van der Waals surface area contributed by atoms with Crippen molar-refractivity contribution in [3.63, 3.8) is 0 Å². The van der Waals surface area contributed by atoms with Gasteiger partial charge in [-0.25, -0.2) is 9.78 Å². The molecule has 10 heteroatoms. The zero-order chi connectivity index (χ0) is 31.3. The van der Waals surface area contributed by atoms with E-state index < -0.39 is 30.0 Å². The lowest BCUT2D eigenvalue weighted by Crippen LogP contribution is -2.56. The van der Waals surface area contributed by atoms with Gasteiger partial charge in [-0.15, -0.1) is 0 Å². The number of carbonyl (C=O) groups excluding carboxylic acids is 4. The number of aldehydes is 1. The number of hydrogen-bond acceptors (Lipinski definition) is 6. The van der Waals surface area contributed by atoms with Crippen LogP contribution in [0, 0.1) is 5.92 Å². The van der Waals surface area contributed by atoms with Gasteiger partial charge >= 0.3 is 6.09 Å². The van der Waals surface area contributed by atoms with E-state index >= 15 is 0 Å². The van der Waals surface area contributed by atoms with Crippen LogP contribution in [0.4, 0.5) is 4.79 Å². The molecule has 0 aliphatic rings. The van der Waals surface area contributed by atoms with Gasteiger partial charge in [-0.3, -0.25) is 9.59 Å². The van der Waals surface area contributed by atoms with Crippen molar-refractivity contribution in [2.24, 2.45) is 5.92 Å². The van der Waals surface area contributed by atoms with Gasteiger partial charge in [-0.05, 0) is 34.2 Å². The second-order valence-electron chi connectivity index (χ2n) is 11.2. The quantitative estimate of drug-likeness (QED) is 0.151. The zero-order valence-electron chi connectivity index (χ0n) is 25.0. The minimum Gasteiger partial charge on any atom is -0.445 e. The van der Waals surface area contributed by atoms with E-state index in [2.05, 4.69) is 25.9 Å². The number of aromatic nitrogens is 2. The molecule has 4 N–H and O–H groups in total. The van der Waals surface area contributed by atoms with Crippen LogP contribution in [-0.2, 0) is 38.6 Å². The average Bonchev–Trinajstić information content (AvgIpc) is 3.53. The maximum Gasteiger partial charge on any atom is 0.408 e. The van der Waals surface area contributed by atoms with Crippen LogP contribution < -0.4 is 16.0 Å². The molecule has 3 aromatic carbocycles. The molecule has 4 aromatic rings. The van der Waals surface area contributed by atoms with E-state index in [0.717, 1.165) is 28.2 Å². The first-order valence-corrected chi connectivity index (χ1v) is 14.8. The van der Waals surface area contributed by atoms with Crippen LogP contribution in [0.2, 0.25) is 0 Å². The first-order chi connectivity index (χ1) is 21.3. The van der Waals surface area contributed by atoms with Crippen molar-refractivity contribution >= 4 is 35.0 Å². The van der Waals surface area contributed by atoms with Gasteiger partial charge in [-0.1, -0.05) is 86.6 Å². The van der Waals surface area contributed by atoms with Crippen LogP contribution >= 0.6 is 0 Å². The van der Waals surface area contributed by atoms with Gasteiger partial charge in [-0.2, -0.15) is 0 Å². The summed E-state index contributed by atoms with van der Waals surface area (Å²) in [6.45, 7) is 4.05. The summed E-state index contributed by atoms with van der Waals surface area (Å²) in [6, 6.07) is 20.4. The minimum atomic E-state index is -1.06. The summed E-state index contributed by atoms with van der Waals surface area (Å²) in [6.07, 6.45) is 4.19. The second-order valence-corrected chi connectivity index (χ2v) is 11.2. The highest BCUT2D eigenvalue weighted by Gasteiger charge is 2.29. The maximum atomic E-state index is 13.9. The molecule has 0 aliphatic heterocycles. The van der Waals surface area contributed by atoms with Crippen molar-refractivity contribution in [2.45, 2.75) is 64.3 Å². The second kappa shape index (κ2) is 16.0. The number of fused-ring (bicyclic) bond motifs is 1. The molecule has 0 saturated heterocycles. The Morgan fingerprint density at radius 2 is 1.57 bits per heavy atom. The number of rotatable bonds is 15. The summed E-state index contributed by atoms with van der Waals surface area (Å²) >= 11 is 0. The summed E-state index contributed by atoms with van der Waals surface area (Å²) < 4.78 is 5.43. The van der Waals surface area contributed by atoms with Crippen molar-refractivity contribution in [1.29, 1.82) is 0 Å². The predicted octanol–water partition coefficient (Wildman–Crippen LogP) is 4.25. The molecule has 0 bridgehead atoms. The van der Waals surface area contributed by atoms with Crippen LogP contribution in [0.25, 0.3) is 10.8 Å². The number of nitrogens with zero attached hydrogens (tertiary/aromatic N) is 1. The van der Waals surface area contributed by atoms with E-state index in [1.165, 1.54) is 6.33 Å². The van der Waals surface area contributed by atoms with Crippen molar-refractivity contribution in [3.05, 3.63) is 102 Å². The molecule has 0 aliphatic carbocycles. The minimum absolute atomic E-state index is 0.0352. The van der Waals surface area contributed by atoms with E-state index in [4.69, 9.17) is 4.74 Å².